The molecule has 1 aliphatic carbocycles. The Morgan fingerprint density at radius 1 is 0.967 bits per heavy atom. The van der Waals surface area contributed by atoms with Gasteiger partial charge >= 0.3 is 0 Å². The van der Waals surface area contributed by atoms with Crippen LogP contribution in [0.1, 0.15) is 37.6 Å². The lowest BCUT2D eigenvalue weighted by Crippen LogP contribution is -2.43. The van der Waals surface area contributed by atoms with Crippen LogP contribution in [0.3, 0.4) is 0 Å². The van der Waals surface area contributed by atoms with E-state index in [1.54, 1.807) is 11.3 Å². The van der Waals surface area contributed by atoms with E-state index in [1.807, 2.05) is 30.6 Å². The Labute approximate surface area is 181 Å². The molecule has 2 aliphatic rings. The summed E-state index contributed by atoms with van der Waals surface area (Å²) in [5.74, 6) is 0.116. The fraction of sp³-hybridized carbons (Fsp3) is 0.280. The molecule has 1 fully saturated rings. The molecule has 1 saturated heterocycles. The van der Waals surface area contributed by atoms with E-state index in [-0.39, 0.29) is 5.78 Å². The van der Waals surface area contributed by atoms with Gasteiger partial charge in [0.05, 0.1) is 16.1 Å². The summed E-state index contributed by atoms with van der Waals surface area (Å²) in [5.41, 5.74) is 8.76. The Bertz CT molecular complexity index is 1140. The molecule has 0 unspecified atom stereocenters. The predicted molar refractivity (Wildman–Crippen MR) is 123 cm³/mol. The van der Waals surface area contributed by atoms with Gasteiger partial charge in [0, 0.05) is 49.4 Å². The molecule has 5 heteroatoms. The Morgan fingerprint density at radius 3 is 2.47 bits per heavy atom. The third-order valence-corrected chi connectivity index (χ3v) is 7.05. The number of thiazole rings is 1. The molecule has 0 atom stereocenters. The molecular formula is C25H25N3OS. The van der Waals surface area contributed by atoms with Crippen molar-refractivity contribution in [1.29, 1.82) is 0 Å². The number of benzene rings is 2. The number of likely N-dealkylation sites (N-methyl/N-ethyl adjacent to an activating group) is 1. The molecule has 3 aromatic rings. The third-order valence-electron chi connectivity index (χ3n) is 6.11. The Balaban J connectivity index is 1.56. The number of ketones is 1. The molecule has 30 heavy (non-hydrogen) atoms. The summed E-state index contributed by atoms with van der Waals surface area (Å²) in [5, 5.41) is 0. The van der Waals surface area contributed by atoms with E-state index in [0.29, 0.717) is 0 Å². The van der Waals surface area contributed by atoms with E-state index in [0.717, 1.165) is 71.1 Å². The van der Waals surface area contributed by atoms with Gasteiger partial charge in [-0.25, -0.2) is 4.98 Å². The van der Waals surface area contributed by atoms with Crippen LogP contribution < -0.4 is 0 Å². The maximum absolute atomic E-state index is 13.5. The lowest BCUT2D eigenvalue weighted by molar-refractivity contribution is 0.105. The van der Waals surface area contributed by atoms with Crippen LogP contribution >= 0.6 is 11.3 Å². The highest BCUT2D eigenvalue weighted by molar-refractivity contribution is 7.11. The number of hydrogen-bond acceptors (Lipinski definition) is 5. The molecule has 0 bridgehead atoms. The van der Waals surface area contributed by atoms with Crippen molar-refractivity contribution in [2.24, 2.45) is 0 Å². The van der Waals surface area contributed by atoms with Gasteiger partial charge in [-0.2, -0.15) is 0 Å². The minimum atomic E-state index is 0.116. The first kappa shape index (κ1) is 19.4. The van der Waals surface area contributed by atoms with E-state index >= 15 is 0 Å². The fourth-order valence-electron chi connectivity index (χ4n) is 4.42. The minimum absolute atomic E-state index is 0.116. The molecule has 0 saturated carbocycles. The average molecular weight is 416 g/mol. The van der Waals surface area contributed by atoms with Crippen molar-refractivity contribution < 1.29 is 4.79 Å². The summed E-state index contributed by atoms with van der Waals surface area (Å²) in [6, 6.07) is 16.5. The van der Waals surface area contributed by atoms with Crippen LogP contribution in [0.5, 0.6) is 0 Å². The van der Waals surface area contributed by atoms with Crippen LogP contribution in [-0.4, -0.2) is 53.8 Å². The smallest absolute Gasteiger partial charge is 0.194 e. The number of aromatic nitrogens is 1. The van der Waals surface area contributed by atoms with Crippen LogP contribution in [0.15, 0.2) is 54.0 Å². The maximum atomic E-state index is 13.5. The van der Waals surface area contributed by atoms with Crippen molar-refractivity contribution in [3.63, 3.8) is 0 Å². The van der Waals surface area contributed by atoms with Gasteiger partial charge in [-0.05, 0) is 36.7 Å². The molecule has 0 radical (unpaired) electrons. The first-order chi connectivity index (χ1) is 14.6. The number of carbonyl (C=O) groups excluding carboxylic acids is 1. The third kappa shape index (κ3) is 3.43. The Morgan fingerprint density at radius 2 is 1.73 bits per heavy atom. The van der Waals surface area contributed by atoms with E-state index in [2.05, 4.69) is 52.2 Å². The van der Waals surface area contributed by atoms with Crippen molar-refractivity contribution in [2.75, 3.05) is 33.2 Å². The van der Waals surface area contributed by atoms with E-state index in [9.17, 15) is 4.79 Å². The lowest BCUT2D eigenvalue weighted by Gasteiger charge is -2.32. The molecule has 2 aromatic carbocycles. The SMILES string of the molecule is Cc1ncsc1C1=C(c2cccc(CN3CCN(C)CC3)c2)C(=O)c2ccccc21. The van der Waals surface area contributed by atoms with Crippen molar-refractivity contribution in [1.82, 2.24) is 14.8 Å². The van der Waals surface area contributed by atoms with Crippen molar-refractivity contribution in [2.45, 2.75) is 13.5 Å². The largest absolute Gasteiger partial charge is 0.304 e. The molecule has 5 rings (SSSR count). The van der Waals surface area contributed by atoms with Crippen LogP contribution in [0.2, 0.25) is 0 Å². The summed E-state index contributed by atoms with van der Waals surface area (Å²) in [6.07, 6.45) is 0. The highest BCUT2D eigenvalue weighted by atomic mass is 32.1. The molecule has 4 nitrogen and oxygen atoms in total. The number of piperazine rings is 1. The number of Topliss-reactive ketones (excluding diaryl/α,β-unsaturated/α-hetero) is 1. The second-order valence-corrected chi connectivity index (χ2v) is 9.03. The molecule has 0 N–H and O–H groups in total. The zero-order chi connectivity index (χ0) is 20.7. The second-order valence-electron chi connectivity index (χ2n) is 8.17. The molecule has 1 aromatic heterocycles. The lowest BCUT2D eigenvalue weighted by atomic mass is 9.96. The van der Waals surface area contributed by atoms with Gasteiger partial charge in [0.2, 0.25) is 0 Å². The fourth-order valence-corrected chi connectivity index (χ4v) is 5.29. The Hall–Kier alpha value is -2.60. The summed E-state index contributed by atoms with van der Waals surface area (Å²) in [7, 11) is 2.18. The van der Waals surface area contributed by atoms with Gasteiger partial charge in [-0.15, -0.1) is 11.3 Å². The van der Waals surface area contributed by atoms with Crippen LogP contribution in [0.25, 0.3) is 11.1 Å². The molecule has 1 aliphatic heterocycles. The van der Waals surface area contributed by atoms with E-state index < -0.39 is 0 Å². The first-order valence-electron chi connectivity index (χ1n) is 10.4. The number of aryl methyl sites for hydroxylation is 1. The zero-order valence-electron chi connectivity index (χ0n) is 17.4. The summed E-state index contributed by atoms with van der Waals surface area (Å²) < 4.78 is 0. The second kappa shape index (κ2) is 7.91. The van der Waals surface area contributed by atoms with Crippen LogP contribution in [-0.2, 0) is 6.54 Å². The van der Waals surface area contributed by atoms with Crippen molar-refractivity contribution in [3.05, 3.63) is 86.9 Å². The topological polar surface area (TPSA) is 36.4 Å². The summed E-state index contributed by atoms with van der Waals surface area (Å²) in [6.45, 7) is 7.32. The van der Waals surface area contributed by atoms with Crippen molar-refractivity contribution >= 4 is 28.3 Å². The number of rotatable bonds is 4. The average Bonchev–Trinajstić information content (AvgIpc) is 3.30. The van der Waals surface area contributed by atoms with Gasteiger partial charge in [0.25, 0.3) is 0 Å². The number of nitrogens with zero attached hydrogens (tertiary/aromatic N) is 3. The molecule has 2 heterocycles. The number of hydrogen-bond donors (Lipinski definition) is 0. The molecule has 0 spiro atoms. The first-order valence-corrected chi connectivity index (χ1v) is 11.3. The Kier molecular flexibility index (Phi) is 5.11. The standard InChI is InChI=1S/C25H25N3OS/c1-17-25(30-16-26-17)23-20-8-3-4-9-21(20)24(29)22(23)19-7-5-6-18(14-19)15-28-12-10-27(2)11-13-28/h3-9,14,16H,10-13,15H2,1-2H3. The maximum Gasteiger partial charge on any atom is 0.194 e. The zero-order valence-corrected chi connectivity index (χ0v) is 18.2. The highest BCUT2D eigenvalue weighted by Gasteiger charge is 2.32. The quantitative estimate of drug-likeness (QED) is 0.635. The summed E-state index contributed by atoms with van der Waals surface area (Å²) in [4.78, 5) is 23.9. The van der Waals surface area contributed by atoms with Gasteiger partial charge in [-0.3, -0.25) is 9.69 Å². The van der Waals surface area contributed by atoms with Gasteiger partial charge in [0.15, 0.2) is 5.78 Å². The monoisotopic (exact) mass is 415 g/mol. The van der Waals surface area contributed by atoms with Crippen LogP contribution in [0, 0.1) is 6.92 Å². The summed E-state index contributed by atoms with van der Waals surface area (Å²) >= 11 is 1.61. The van der Waals surface area contributed by atoms with E-state index in [4.69, 9.17) is 0 Å². The minimum Gasteiger partial charge on any atom is -0.304 e. The predicted octanol–water partition coefficient (Wildman–Crippen LogP) is 4.35. The van der Waals surface area contributed by atoms with Gasteiger partial charge in [-0.1, -0.05) is 42.5 Å². The van der Waals surface area contributed by atoms with E-state index in [1.165, 1.54) is 5.56 Å². The molecule has 0 amide bonds. The molecular weight excluding hydrogens is 390 g/mol. The van der Waals surface area contributed by atoms with Crippen molar-refractivity contribution in [3.8, 4) is 0 Å². The molecule has 152 valence electrons. The normalized spacial score (nSPS) is 17.6. The number of carbonyl (C=O) groups is 1. The van der Waals surface area contributed by atoms with Gasteiger partial charge < -0.3 is 4.90 Å². The number of allylic oxidation sites excluding steroid dienone is 1. The van der Waals surface area contributed by atoms with Gasteiger partial charge in [0.1, 0.15) is 0 Å². The number of fused-ring (bicyclic) bond motifs is 1. The highest BCUT2D eigenvalue weighted by Crippen LogP contribution is 2.44. The van der Waals surface area contributed by atoms with Crippen LogP contribution in [0.4, 0.5) is 0 Å².